The SMILES string of the molecule is CCn1ccnc1CN1CCN(Cc2ccc(OC)cc2F)C(CCO)C1. The molecule has 2 aromatic rings. The molecule has 1 aliphatic rings. The minimum Gasteiger partial charge on any atom is -0.497 e. The van der Waals surface area contributed by atoms with Crippen LogP contribution in [0.5, 0.6) is 5.75 Å². The molecule has 0 radical (unpaired) electrons. The Morgan fingerprint density at radius 2 is 2.15 bits per heavy atom. The van der Waals surface area contributed by atoms with E-state index in [0.717, 1.165) is 38.5 Å². The second-order valence-corrected chi connectivity index (χ2v) is 6.96. The summed E-state index contributed by atoms with van der Waals surface area (Å²) >= 11 is 0. The van der Waals surface area contributed by atoms with Gasteiger partial charge in [-0.2, -0.15) is 0 Å². The predicted molar refractivity (Wildman–Crippen MR) is 102 cm³/mol. The summed E-state index contributed by atoms with van der Waals surface area (Å²) in [6.45, 7) is 7.07. The average molecular weight is 376 g/mol. The molecule has 148 valence electrons. The molecule has 1 saturated heterocycles. The average Bonchev–Trinajstić information content (AvgIpc) is 3.12. The molecule has 6 nitrogen and oxygen atoms in total. The van der Waals surface area contributed by atoms with Gasteiger partial charge in [0.15, 0.2) is 0 Å². The molecule has 27 heavy (non-hydrogen) atoms. The van der Waals surface area contributed by atoms with Gasteiger partial charge in [0.2, 0.25) is 0 Å². The van der Waals surface area contributed by atoms with Crippen LogP contribution in [0.1, 0.15) is 24.7 Å². The van der Waals surface area contributed by atoms with Gasteiger partial charge >= 0.3 is 0 Å². The van der Waals surface area contributed by atoms with E-state index < -0.39 is 0 Å². The highest BCUT2D eigenvalue weighted by molar-refractivity contribution is 5.29. The molecule has 0 saturated carbocycles. The lowest BCUT2D eigenvalue weighted by Gasteiger charge is -2.41. The Morgan fingerprint density at radius 3 is 2.85 bits per heavy atom. The van der Waals surface area contributed by atoms with Crippen LogP contribution in [0, 0.1) is 5.82 Å². The first-order chi connectivity index (χ1) is 13.1. The molecule has 1 fully saturated rings. The smallest absolute Gasteiger partial charge is 0.131 e. The van der Waals surface area contributed by atoms with E-state index in [1.54, 1.807) is 12.1 Å². The zero-order chi connectivity index (χ0) is 19.2. The largest absolute Gasteiger partial charge is 0.497 e. The molecule has 1 N–H and O–H groups in total. The number of piperazine rings is 1. The second-order valence-electron chi connectivity index (χ2n) is 6.96. The zero-order valence-electron chi connectivity index (χ0n) is 16.1. The molecular weight excluding hydrogens is 347 g/mol. The fourth-order valence-electron chi connectivity index (χ4n) is 3.71. The Labute approximate surface area is 160 Å². The molecule has 7 heteroatoms. The van der Waals surface area contributed by atoms with E-state index in [-0.39, 0.29) is 18.5 Å². The van der Waals surface area contributed by atoms with E-state index in [1.165, 1.54) is 13.2 Å². The predicted octanol–water partition coefficient (Wildman–Crippen LogP) is 2.12. The monoisotopic (exact) mass is 376 g/mol. The number of hydrogen-bond donors (Lipinski definition) is 1. The highest BCUT2D eigenvalue weighted by atomic mass is 19.1. The minimum absolute atomic E-state index is 0.129. The number of aliphatic hydroxyl groups is 1. The van der Waals surface area contributed by atoms with Crippen LogP contribution in [0.4, 0.5) is 4.39 Å². The third kappa shape index (κ3) is 4.86. The number of halogens is 1. The van der Waals surface area contributed by atoms with Crippen molar-refractivity contribution < 1.29 is 14.2 Å². The number of nitrogens with zero attached hydrogens (tertiary/aromatic N) is 4. The molecule has 0 aliphatic carbocycles. The van der Waals surface area contributed by atoms with Crippen LogP contribution >= 0.6 is 0 Å². The van der Waals surface area contributed by atoms with Gasteiger partial charge in [0.25, 0.3) is 0 Å². The van der Waals surface area contributed by atoms with E-state index >= 15 is 0 Å². The van der Waals surface area contributed by atoms with Crippen molar-refractivity contribution in [1.29, 1.82) is 0 Å². The van der Waals surface area contributed by atoms with Crippen molar-refractivity contribution in [3.05, 3.63) is 47.8 Å². The molecule has 0 amide bonds. The van der Waals surface area contributed by atoms with Gasteiger partial charge in [0.1, 0.15) is 17.4 Å². The first-order valence-corrected chi connectivity index (χ1v) is 9.54. The molecule has 0 bridgehead atoms. The van der Waals surface area contributed by atoms with Crippen LogP contribution in [0.3, 0.4) is 0 Å². The summed E-state index contributed by atoms with van der Waals surface area (Å²) in [5, 5.41) is 9.50. The van der Waals surface area contributed by atoms with Gasteiger partial charge in [-0.1, -0.05) is 6.07 Å². The van der Waals surface area contributed by atoms with Gasteiger partial charge in [0, 0.05) is 69.4 Å². The minimum atomic E-state index is -0.246. The van der Waals surface area contributed by atoms with E-state index in [4.69, 9.17) is 4.74 Å². The number of aliphatic hydroxyl groups excluding tert-OH is 1. The van der Waals surface area contributed by atoms with Gasteiger partial charge in [-0.15, -0.1) is 0 Å². The maximum absolute atomic E-state index is 14.3. The number of rotatable bonds is 8. The summed E-state index contributed by atoms with van der Waals surface area (Å²) in [4.78, 5) is 9.10. The summed E-state index contributed by atoms with van der Waals surface area (Å²) in [6.07, 6.45) is 4.52. The number of aromatic nitrogens is 2. The van der Waals surface area contributed by atoms with E-state index in [1.807, 2.05) is 12.4 Å². The van der Waals surface area contributed by atoms with Gasteiger partial charge in [-0.25, -0.2) is 9.37 Å². The van der Waals surface area contributed by atoms with Crippen LogP contribution in [0.2, 0.25) is 0 Å². The second kappa shape index (κ2) is 9.30. The van der Waals surface area contributed by atoms with E-state index in [9.17, 15) is 9.50 Å². The zero-order valence-corrected chi connectivity index (χ0v) is 16.1. The first-order valence-electron chi connectivity index (χ1n) is 9.54. The van der Waals surface area contributed by atoms with Gasteiger partial charge in [-0.05, 0) is 19.4 Å². The molecule has 3 rings (SSSR count). The Balaban J connectivity index is 1.65. The maximum atomic E-state index is 14.3. The highest BCUT2D eigenvalue weighted by Gasteiger charge is 2.28. The van der Waals surface area contributed by atoms with Gasteiger partial charge < -0.3 is 14.4 Å². The summed E-state index contributed by atoms with van der Waals surface area (Å²) in [5.74, 6) is 1.35. The van der Waals surface area contributed by atoms with E-state index in [0.29, 0.717) is 24.3 Å². The number of aryl methyl sites for hydroxylation is 1. The van der Waals surface area contributed by atoms with Crippen molar-refractivity contribution in [2.24, 2.45) is 0 Å². The number of benzene rings is 1. The maximum Gasteiger partial charge on any atom is 0.131 e. The molecule has 1 unspecified atom stereocenters. The van der Waals surface area contributed by atoms with Crippen LogP contribution in [-0.2, 0) is 19.6 Å². The van der Waals surface area contributed by atoms with Crippen LogP contribution in [0.15, 0.2) is 30.6 Å². The number of imidazole rings is 1. The van der Waals surface area contributed by atoms with Crippen molar-refractivity contribution in [1.82, 2.24) is 19.4 Å². The topological polar surface area (TPSA) is 53.8 Å². The van der Waals surface area contributed by atoms with Crippen molar-refractivity contribution in [2.45, 2.75) is 39.0 Å². The van der Waals surface area contributed by atoms with Crippen molar-refractivity contribution >= 4 is 0 Å². The van der Waals surface area contributed by atoms with Crippen LogP contribution in [0.25, 0.3) is 0 Å². The summed E-state index contributed by atoms with van der Waals surface area (Å²) in [6, 6.07) is 5.20. The fourth-order valence-corrected chi connectivity index (χ4v) is 3.71. The quantitative estimate of drug-likeness (QED) is 0.765. The lowest BCUT2D eigenvalue weighted by Crippen LogP contribution is -2.52. The van der Waals surface area contributed by atoms with Crippen LogP contribution < -0.4 is 4.74 Å². The molecule has 1 atom stereocenters. The molecule has 1 aliphatic heterocycles. The van der Waals surface area contributed by atoms with Crippen molar-refractivity contribution in [3.8, 4) is 5.75 Å². The van der Waals surface area contributed by atoms with Crippen molar-refractivity contribution in [3.63, 3.8) is 0 Å². The highest BCUT2D eigenvalue weighted by Crippen LogP contribution is 2.22. The Kier molecular flexibility index (Phi) is 6.82. The first kappa shape index (κ1) is 19.8. The third-order valence-electron chi connectivity index (χ3n) is 5.29. The Morgan fingerprint density at radius 1 is 1.30 bits per heavy atom. The molecule has 2 heterocycles. The molecule has 1 aromatic carbocycles. The van der Waals surface area contributed by atoms with Gasteiger partial charge in [-0.3, -0.25) is 9.80 Å². The summed E-state index contributed by atoms with van der Waals surface area (Å²) in [7, 11) is 1.54. The molecule has 1 aromatic heterocycles. The molecule has 0 spiro atoms. The Bertz CT molecular complexity index is 737. The van der Waals surface area contributed by atoms with E-state index in [2.05, 4.69) is 26.3 Å². The third-order valence-corrected chi connectivity index (χ3v) is 5.29. The number of methoxy groups -OCH3 is 1. The van der Waals surface area contributed by atoms with Crippen LogP contribution in [-0.4, -0.2) is 63.9 Å². The number of ether oxygens (including phenoxy) is 1. The summed E-state index contributed by atoms with van der Waals surface area (Å²) in [5.41, 5.74) is 0.661. The van der Waals surface area contributed by atoms with Gasteiger partial charge in [0.05, 0.1) is 13.7 Å². The number of hydrogen-bond acceptors (Lipinski definition) is 5. The lowest BCUT2D eigenvalue weighted by molar-refractivity contribution is 0.0476. The summed E-state index contributed by atoms with van der Waals surface area (Å²) < 4.78 is 21.6. The standard InChI is InChI=1S/C20H29FN4O2/c1-3-24-8-7-22-20(24)15-23-9-10-25(17(14-23)6-11-26)13-16-4-5-18(27-2)12-19(16)21/h4-5,7-8,12,17,26H,3,6,9-11,13-15H2,1-2H3. The normalized spacial score (nSPS) is 18.7. The molecular formula is C20H29FN4O2. The van der Waals surface area contributed by atoms with Crippen molar-refractivity contribution in [2.75, 3.05) is 33.4 Å². The Hall–Kier alpha value is -1.96. The lowest BCUT2D eigenvalue weighted by atomic mass is 10.1. The fraction of sp³-hybridized carbons (Fsp3) is 0.550.